The van der Waals surface area contributed by atoms with Gasteiger partial charge in [0.15, 0.2) is 0 Å². The van der Waals surface area contributed by atoms with Crippen LogP contribution in [0.25, 0.3) is 0 Å². The zero-order valence-corrected chi connectivity index (χ0v) is 10.3. The maximum absolute atomic E-state index is 9.47. The van der Waals surface area contributed by atoms with Gasteiger partial charge in [0.2, 0.25) is 0 Å². The standard InChI is InChI=1S/C15H17NO2/c1-18-14-9-7-12(8-10-14)15(11-17)16-13-5-3-2-4-6-13/h2-10,15-17H,11H2,1H3. The average molecular weight is 243 g/mol. The summed E-state index contributed by atoms with van der Waals surface area (Å²) in [6, 6.07) is 17.4. The molecule has 0 saturated heterocycles. The van der Waals surface area contributed by atoms with Gasteiger partial charge in [0, 0.05) is 5.69 Å². The second-order valence-electron chi connectivity index (χ2n) is 4.02. The third-order valence-corrected chi connectivity index (χ3v) is 2.82. The van der Waals surface area contributed by atoms with Crippen molar-refractivity contribution >= 4 is 5.69 Å². The van der Waals surface area contributed by atoms with Crippen LogP contribution in [0.4, 0.5) is 5.69 Å². The number of hydrogen-bond donors (Lipinski definition) is 2. The predicted octanol–water partition coefficient (Wildman–Crippen LogP) is 2.84. The Morgan fingerprint density at radius 2 is 1.72 bits per heavy atom. The molecule has 0 heterocycles. The van der Waals surface area contributed by atoms with Crippen LogP contribution in [0.3, 0.4) is 0 Å². The van der Waals surface area contributed by atoms with E-state index in [9.17, 15) is 5.11 Å². The first kappa shape index (κ1) is 12.5. The normalized spacial score (nSPS) is 11.9. The van der Waals surface area contributed by atoms with Crippen molar-refractivity contribution < 1.29 is 9.84 Å². The fraction of sp³-hybridized carbons (Fsp3) is 0.200. The zero-order chi connectivity index (χ0) is 12.8. The molecule has 3 heteroatoms. The molecule has 0 amide bonds. The predicted molar refractivity (Wildman–Crippen MR) is 72.9 cm³/mol. The second-order valence-corrected chi connectivity index (χ2v) is 4.02. The molecule has 0 fully saturated rings. The number of para-hydroxylation sites is 1. The summed E-state index contributed by atoms with van der Waals surface area (Å²) in [5, 5.41) is 12.8. The van der Waals surface area contributed by atoms with E-state index in [1.807, 2.05) is 54.6 Å². The molecule has 2 aromatic carbocycles. The van der Waals surface area contributed by atoms with Gasteiger partial charge in [0.1, 0.15) is 5.75 Å². The minimum absolute atomic E-state index is 0.0429. The van der Waals surface area contributed by atoms with Crippen molar-refractivity contribution in [3.8, 4) is 5.75 Å². The highest BCUT2D eigenvalue weighted by Gasteiger charge is 2.09. The van der Waals surface area contributed by atoms with Gasteiger partial charge in [-0.25, -0.2) is 0 Å². The van der Waals surface area contributed by atoms with Crippen LogP contribution in [0.1, 0.15) is 11.6 Å². The van der Waals surface area contributed by atoms with Crippen molar-refractivity contribution in [2.75, 3.05) is 19.0 Å². The lowest BCUT2D eigenvalue weighted by molar-refractivity contribution is 0.276. The minimum Gasteiger partial charge on any atom is -0.497 e. The molecule has 0 bridgehead atoms. The van der Waals surface area contributed by atoms with Crippen LogP contribution in [-0.2, 0) is 0 Å². The molecule has 18 heavy (non-hydrogen) atoms. The van der Waals surface area contributed by atoms with E-state index in [1.165, 1.54) is 0 Å². The van der Waals surface area contributed by atoms with Crippen LogP contribution in [0.2, 0.25) is 0 Å². The molecule has 0 aromatic heterocycles. The summed E-state index contributed by atoms with van der Waals surface area (Å²) >= 11 is 0. The molecular weight excluding hydrogens is 226 g/mol. The highest BCUT2D eigenvalue weighted by atomic mass is 16.5. The van der Waals surface area contributed by atoms with E-state index in [4.69, 9.17) is 4.74 Å². The van der Waals surface area contributed by atoms with Gasteiger partial charge in [-0.1, -0.05) is 30.3 Å². The maximum Gasteiger partial charge on any atom is 0.118 e. The van der Waals surface area contributed by atoms with Crippen LogP contribution < -0.4 is 10.1 Å². The average Bonchev–Trinajstić information content (AvgIpc) is 2.46. The third-order valence-electron chi connectivity index (χ3n) is 2.82. The van der Waals surface area contributed by atoms with E-state index in [1.54, 1.807) is 7.11 Å². The summed E-state index contributed by atoms with van der Waals surface area (Å²) in [6.07, 6.45) is 0. The van der Waals surface area contributed by atoms with Crippen LogP contribution >= 0.6 is 0 Å². The molecule has 3 nitrogen and oxygen atoms in total. The van der Waals surface area contributed by atoms with Crippen molar-refractivity contribution in [2.24, 2.45) is 0 Å². The van der Waals surface area contributed by atoms with E-state index >= 15 is 0 Å². The summed E-state index contributed by atoms with van der Waals surface area (Å²) < 4.78 is 5.12. The van der Waals surface area contributed by atoms with Crippen molar-refractivity contribution in [1.29, 1.82) is 0 Å². The lowest BCUT2D eigenvalue weighted by atomic mass is 10.1. The quantitative estimate of drug-likeness (QED) is 0.848. The summed E-state index contributed by atoms with van der Waals surface area (Å²) in [5.41, 5.74) is 2.02. The number of benzene rings is 2. The minimum atomic E-state index is -0.113. The third kappa shape index (κ3) is 3.02. The summed E-state index contributed by atoms with van der Waals surface area (Å²) in [7, 11) is 1.64. The summed E-state index contributed by atoms with van der Waals surface area (Å²) in [6.45, 7) is 0.0429. The van der Waals surface area contributed by atoms with Gasteiger partial charge < -0.3 is 15.2 Å². The Balaban J connectivity index is 2.12. The van der Waals surface area contributed by atoms with Gasteiger partial charge in [-0.2, -0.15) is 0 Å². The van der Waals surface area contributed by atoms with Crippen LogP contribution in [0, 0.1) is 0 Å². The number of aliphatic hydroxyl groups is 1. The molecule has 0 spiro atoms. The first-order valence-corrected chi connectivity index (χ1v) is 5.90. The van der Waals surface area contributed by atoms with Gasteiger partial charge in [0.25, 0.3) is 0 Å². The topological polar surface area (TPSA) is 41.5 Å². The van der Waals surface area contributed by atoms with Crippen LogP contribution in [-0.4, -0.2) is 18.8 Å². The number of methoxy groups -OCH3 is 1. The van der Waals surface area contributed by atoms with E-state index in [2.05, 4.69) is 5.32 Å². The number of ether oxygens (including phenoxy) is 1. The van der Waals surface area contributed by atoms with E-state index in [0.29, 0.717) is 0 Å². The molecule has 1 atom stereocenters. The van der Waals surface area contributed by atoms with Crippen molar-refractivity contribution in [1.82, 2.24) is 0 Å². The molecular formula is C15H17NO2. The lowest BCUT2D eigenvalue weighted by Crippen LogP contribution is -2.14. The van der Waals surface area contributed by atoms with Crippen LogP contribution in [0.5, 0.6) is 5.75 Å². The Bertz CT molecular complexity index is 468. The molecule has 0 saturated carbocycles. The molecule has 0 aliphatic rings. The van der Waals surface area contributed by atoms with E-state index in [-0.39, 0.29) is 12.6 Å². The Morgan fingerprint density at radius 1 is 1.06 bits per heavy atom. The first-order valence-electron chi connectivity index (χ1n) is 5.90. The number of rotatable bonds is 5. The fourth-order valence-electron chi connectivity index (χ4n) is 1.81. The molecule has 2 aromatic rings. The smallest absolute Gasteiger partial charge is 0.118 e. The summed E-state index contributed by atoms with van der Waals surface area (Å²) in [4.78, 5) is 0. The highest BCUT2D eigenvalue weighted by Crippen LogP contribution is 2.21. The molecule has 0 aliphatic heterocycles. The van der Waals surface area contributed by atoms with Gasteiger partial charge in [0.05, 0.1) is 19.8 Å². The molecule has 94 valence electrons. The number of aliphatic hydroxyl groups excluding tert-OH is 1. The molecule has 2 N–H and O–H groups in total. The Labute approximate surface area is 107 Å². The van der Waals surface area contributed by atoms with Gasteiger partial charge in [-0.3, -0.25) is 0 Å². The Kier molecular flexibility index (Phi) is 4.20. The number of anilines is 1. The first-order chi connectivity index (χ1) is 8.83. The van der Waals surface area contributed by atoms with Crippen molar-refractivity contribution in [3.05, 3.63) is 60.2 Å². The Hall–Kier alpha value is -2.00. The maximum atomic E-state index is 9.47. The molecule has 1 unspecified atom stereocenters. The largest absolute Gasteiger partial charge is 0.497 e. The van der Waals surface area contributed by atoms with E-state index in [0.717, 1.165) is 17.0 Å². The highest BCUT2D eigenvalue weighted by molar-refractivity contribution is 5.45. The molecule has 2 rings (SSSR count). The second kappa shape index (κ2) is 6.07. The number of hydrogen-bond acceptors (Lipinski definition) is 3. The Morgan fingerprint density at radius 3 is 2.28 bits per heavy atom. The van der Waals surface area contributed by atoms with Gasteiger partial charge in [-0.15, -0.1) is 0 Å². The van der Waals surface area contributed by atoms with Gasteiger partial charge >= 0.3 is 0 Å². The lowest BCUT2D eigenvalue weighted by Gasteiger charge is -2.18. The fourth-order valence-corrected chi connectivity index (χ4v) is 1.81. The van der Waals surface area contributed by atoms with E-state index < -0.39 is 0 Å². The number of nitrogens with one attached hydrogen (secondary N) is 1. The summed E-state index contributed by atoms with van der Waals surface area (Å²) in [5.74, 6) is 0.815. The SMILES string of the molecule is COc1ccc(C(CO)Nc2ccccc2)cc1. The van der Waals surface area contributed by atoms with Gasteiger partial charge in [-0.05, 0) is 29.8 Å². The molecule has 0 radical (unpaired) electrons. The van der Waals surface area contributed by atoms with Crippen molar-refractivity contribution in [3.63, 3.8) is 0 Å². The van der Waals surface area contributed by atoms with Crippen LogP contribution in [0.15, 0.2) is 54.6 Å². The van der Waals surface area contributed by atoms with Crippen molar-refractivity contribution in [2.45, 2.75) is 6.04 Å². The monoisotopic (exact) mass is 243 g/mol. The molecule has 0 aliphatic carbocycles. The zero-order valence-electron chi connectivity index (χ0n) is 10.3.